The average Bonchev–Trinajstić information content (AvgIpc) is 2.24. The predicted octanol–water partition coefficient (Wildman–Crippen LogP) is 1.76. The van der Waals surface area contributed by atoms with Crippen LogP contribution in [0.4, 0.5) is 4.79 Å². The maximum Gasteiger partial charge on any atom is 0.326 e. The summed E-state index contributed by atoms with van der Waals surface area (Å²) in [6, 6.07) is -1.24. The Labute approximate surface area is 128 Å². The summed E-state index contributed by atoms with van der Waals surface area (Å²) in [4.78, 5) is 25.2. The first-order valence-electron chi connectivity index (χ1n) is 7.56. The molecule has 2 amide bonds. The molecule has 0 heterocycles. The smallest absolute Gasteiger partial charge is 0.326 e. The standard InChI is InChI=1S/C15H31N3O3/c1-10(2)7-12(9-18(5)6)16-15(21)17-13(14(19)20)8-11(3)4/h10-13H,7-9H2,1-6H3,(H,19,20)(H2,16,17,21)/t12?,13-/m1/s1. The average molecular weight is 301 g/mol. The molecule has 0 aromatic rings. The van der Waals surface area contributed by atoms with Crippen molar-refractivity contribution in [3.05, 3.63) is 0 Å². The highest BCUT2D eigenvalue weighted by Crippen LogP contribution is 2.07. The number of nitrogens with one attached hydrogen (secondary N) is 2. The van der Waals surface area contributed by atoms with Crippen molar-refractivity contribution < 1.29 is 14.7 Å². The Bertz CT molecular complexity index is 320. The van der Waals surface area contributed by atoms with E-state index in [2.05, 4.69) is 24.5 Å². The number of amides is 2. The minimum atomic E-state index is -0.994. The van der Waals surface area contributed by atoms with E-state index in [9.17, 15) is 9.59 Å². The lowest BCUT2D eigenvalue weighted by Crippen LogP contribution is -2.51. The summed E-state index contributed by atoms with van der Waals surface area (Å²) in [7, 11) is 3.90. The van der Waals surface area contributed by atoms with Gasteiger partial charge in [0, 0.05) is 12.6 Å². The molecule has 0 aromatic heterocycles. The summed E-state index contributed by atoms with van der Waals surface area (Å²) in [6.07, 6.45) is 1.28. The van der Waals surface area contributed by atoms with Crippen LogP contribution in [0.2, 0.25) is 0 Å². The van der Waals surface area contributed by atoms with E-state index >= 15 is 0 Å². The maximum absolute atomic E-state index is 12.0. The summed E-state index contributed by atoms with van der Waals surface area (Å²) < 4.78 is 0. The number of carboxylic acid groups (broad SMARTS) is 1. The normalized spacial score (nSPS) is 14.3. The summed E-state index contributed by atoms with van der Waals surface area (Å²) in [5.41, 5.74) is 0. The molecule has 124 valence electrons. The fraction of sp³-hybridized carbons (Fsp3) is 0.867. The monoisotopic (exact) mass is 301 g/mol. The Balaban J connectivity index is 4.54. The first-order chi connectivity index (χ1) is 9.61. The van der Waals surface area contributed by atoms with E-state index in [4.69, 9.17) is 5.11 Å². The third kappa shape index (κ3) is 10.1. The van der Waals surface area contributed by atoms with Crippen molar-refractivity contribution >= 4 is 12.0 Å². The van der Waals surface area contributed by atoms with Crippen LogP contribution in [-0.4, -0.2) is 54.7 Å². The van der Waals surface area contributed by atoms with Crippen molar-refractivity contribution in [3.8, 4) is 0 Å². The second-order valence-electron chi connectivity index (χ2n) is 6.73. The number of carboxylic acids is 1. The van der Waals surface area contributed by atoms with E-state index in [0.717, 1.165) is 13.0 Å². The van der Waals surface area contributed by atoms with Crippen LogP contribution < -0.4 is 10.6 Å². The number of aliphatic carboxylic acids is 1. The van der Waals surface area contributed by atoms with E-state index < -0.39 is 18.0 Å². The van der Waals surface area contributed by atoms with Gasteiger partial charge in [-0.3, -0.25) is 0 Å². The fourth-order valence-corrected chi connectivity index (χ4v) is 2.27. The highest BCUT2D eigenvalue weighted by Gasteiger charge is 2.22. The lowest BCUT2D eigenvalue weighted by Gasteiger charge is -2.25. The second kappa shape index (κ2) is 9.60. The minimum absolute atomic E-state index is 0.00787. The first-order valence-corrected chi connectivity index (χ1v) is 7.56. The van der Waals surface area contributed by atoms with Crippen LogP contribution in [0.15, 0.2) is 0 Å². The Morgan fingerprint density at radius 2 is 1.52 bits per heavy atom. The zero-order valence-electron chi connectivity index (χ0n) is 14.1. The van der Waals surface area contributed by atoms with Crippen LogP contribution in [0.3, 0.4) is 0 Å². The SMILES string of the molecule is CC(C)CC(CN(C)C)NC(=O)N[C@H](CC(C)C)C(=O)O. The van der Waals surface area contributed by atoms with Gasteiger partial charge in [0.15, 0.2) is 0 Å². The van der Waals surface area contributed by atoms with E-state index in [0.29, 0.717) is 12.3 Å². The van der Waals surface area contributed by atoms with Gasteiger partial charge in [0.05, 0.1) is 0 Å². The number of carbonyl (C=O) groups excluding carboxylic acids is 1. The highest BCUT2D eigenvalue weighted by molar-refractivity contribution is 5.82. The third-order valence-corrected chi connectivity index (χ3v) is 2.99. The molecule has 0 aliphatic heterocycles. The third-order valence-electron chi connectivity index (χ3n) is 2.99. The summed E-state index contributed by atoms with van der Waals surface area (Å²) in [5, 5.41) is 14.6. The summed E-state index contributed by atoms with van der Waals surface area (Å²) >= 11 is 0. The number of urea groups is 1. The van der Waals surface area contributed by atoms with Crippen LogP contribution in [0, 0.1) is 11.8 Å². The topological polar surface area (TPSA) is 81.7 Å². The Morgan fingerprint density at radius 1 is 1.00 bits per heavy atom. The molecule has 0 spiro atoms. The molecule has 0 aliphatic carbocycles. The van der Waals surface area contributed by atoms with E-state index in [1.165, 1.54) is 0 Å². The number of hydrogen-bond acceptors (Lipinski definition) is 3. The number of rotatable bonds is 9. The number of hydrogen-bond donors (Lipinski definition) is 3. The number of likely N-dealkylation sites (N-methyl/N-ethyl adjacent to an activating group) is 1. The second-order valence-corrected chi connectivity index (χ2v) is 6.73. The van der Waals surface area contributed by atoms with Gasteiger partial charge in [-0.1, -0.05) is 27.7 Å². The van der Waals surface area contributed by atoms with Gasteiger partial charge in [-0.25, -0.2) is 9.59 Å². The molecule has 0 rings (SSSR count). The molecule has 6 nitrogen and oxygen atoms in total. The summed E-state index contributed by atoms with van der Waals surface area (Å²) in [5.74, 6) is -0.326. The molecule has 0 fully saturated rings. The van der Waals surface area contributed by atoms with Crippen LogP contribution >= 0.6 is 0 Å². The lowest BCUT2D eigenvalue weighted by molar-refractivity contribution is -0.139. The molecule has 0 saturated carbocycles. The van der Waals surface area contributed by atoms with Gasteiger partial charge in [-0.15, -0.1) is 0 Å². The van der Waals surface area contributed by atoms with Crippen molar-refractivity contribution in [2.45, 2.75) is 52.6 Å². The Kier molecular flexibility index (Phi) is 9.01. The van der Waals surface area contributed by atoms with Crippen molar-refractivity contribution in [1.82, 2.24) is 15.5 Å². The largest absolute Gasteiger partial charge is 0.480 e. The molecule has 0 saturated heterocycles. The molecule has 6 heteroatoms. The van der Waals surface area contributed by atoms with Gasteiger partial charge in [-0.2, -0.15) is 0 Å². The van der Waals surface area contributed by atoms with Crippen molar-refractivity contribution in [3.63, 3.8) is 0 Å². The predicted molar refractivity (Wildman–Crippen MR) is 84.3 cm³/mol. The Hall–Kier alpha value is -1.30. The van der Waals surface area contributed by atoms with Gasteiger partial charge >= 0.3 is 12.0 Å². The molecule has 1 unspecified atom stereocenters. The maximum atomic E-state index is 12.0. The van der Waals surface area contributed by atoms with E-state index in [-0.39, 0.29) is 12.0 Å². The quantitative estimate of drug-likeness (QED) is 0.606. The van der Waals surface area contributed by atoms with Gasteiger partial charge in [-0.05, 0) is 38.8 Å². The Morgan fingerprint density at radius 3 is 1.90 bits per heavy atom. The van der Waals surface area contributed by atoms with Crippen LogP contribution in [-0.2, 0) is 4.79 Å². The van der Waals surface area contributed by atoms with Crippen LogP contribution in [0.5, 0.6) is 0 Å². The summed E-state index contributed by atoms with van der Waals surface area (Å²) in [6.45, 7) is 8.79. The molecule has 0 radical (unpaired) electrons. The van der Waals surface area contributed by atoms with Gasteiger partial charge in [0.1, 0.15) is 6.04 Å². The van der Waals surface area contributed by atoms with E-state index in [1.54, 1.807) is 0 Å². The molecular formula is C15H31N3O3. The zero-order chi connectivity index (χ0) is 16.6. The highest BCUT2D eigenvalue weighted by atomic mass is 16.4. The van der Waals surface area contributed by atoms with Gasteiger partial charge < -0.3 is 20.6 Å². The van der Waals surface area contributed by atoms with Crippen LogP contribution in [0.25, 0.3) is 0 Å². The molecule has 0 aliphatic rings. The molecule has 0 bridgehead atoms. The zero-order valence-corrected chi connectivity index (χ0v) is 14.1. The van der Waals surface area contributed by atoms with Crippen molar-refractivity contribution in [2.24, 2.45) is 11.8 Å². The molecule has 0 aromatic carbocycles. The van der Waals surface area contributed by atoms with Crippen LogP contribution in [0.1, 0.15) is 40.5 Å². The minimum Gasteiger partial charge on any atom is -0.480 e. The number of carbonyl (C=O) groups is 2. The van der Waals surface area contributed by atoms with Gasteiger partial charge in [0.25, 0.3) is 0 Å². The molecule has 21 heavy (non-hydrogen) atoms. The molecule has 3 N–H and O–H groups in total. The first kappa shape index (κ1) is 19.7. The van der Waals surface area contributed by atoms with E-state index in [1.807, 2.05) is 32.8 Å². The number of nitrogens with zero attached hydrogens (tertiary/aromatic N) is 1. The lowest BCUT2D eigenvalue weighted by atomic mass is 10.0. The molecular weight excluding hydrogens is 270 g/mol. The van der Waals surface area contributed by atoms with Crippen molar-refractivity contribution in [1.29, 1.82) is 0 Å². The van der Waals surface area contributed by atoms with Gasteiger partial charge in [0.2, 0.25) is 0 Å². The molecule has 2 atom stereocenters. The fourth-order valence-electron chi connectivity index (χ4n) is 2.27. The van der Waals surface area contributed by atoms with Crippen molar-refractivity contribution in [2.75, 3.05) is 20.6 Å².